The number of nitrogens with one attached hydrogen (secondary N) is 1. The van der Waals surface area contributed by atoms with E-state index in [2.05, 4.69) is 26.2 Å². The van der Waals surface area contributed by atoms with Crippen molar-refractivity contribution in [3.8, 4) is 0 Å². The van der Waals surface area contributed by atoms with Crippen LogP contribution in [0.4, 0.5) is 18.9 Å². The molecule has 0 radical (unpaired) electrons. The third kappa shape index (κ3) is 5.97. The van der Waals surface area contributed by atoms with E-state index in [1.165, 1.54) is 12.4 Å². The highest BCUT2D eigenvalue weighted by molar-refractivity contribution is 9.10. The van der Waals surface area contributed by atoms with Gasteiger partial charge in [0.15, 0.2) is 0 Å². The van der Waals surface area contributed by atoms with Gasteiger partial charge in [-0.05, 0) is 31.3 Å². The Morgan fingerprint density at radius 2 is 2.00 bits per heavy atom. The Balaban J connectivity index is 1.89. The number of imidazole rings is 1. The van der Waals surface area contributed by atoms with Crippen LogP contribution in [0.25, 0.3) is 0 Å². The first-order valence-corrected chi connectivity index (χ1v) is 7.83. The normalized spacial score (nSPS) is 11.8. The first-order chi connectivity index (χ1) is 11.2. The van der Waals surface area contributed by atoms with E-state index in [4.69, 9.17) is 0 Å². The predicted molar refractivity (Wildman–Crippen MR) is 87.4 cm³/mol. The molecule has 1 amide bonds. The van der Waals surface area contributed by atoms with E-state index in [1.807, 2.05) is 0 Å². The Labute approximate surface area is 145 Å². The van der Waals surface area contributed by atoms with Crippen molar-refractivity contribution in [1.29, 1.82) is 0 Å². The van der Waals surface area contributed by atoms with Gasteiger partial charge < -0.3 is 9.88 Å². The second-order valence-electron chi connectivity index (χ2n) is 5.31. The van der Waals surface area contributed by atoms with Crippen LogP contribution in [-0.4, -0.2) is 40.1 Å². The second-order valence-corrected chi connectivity index (χ2v) is 6.23. The monoisotopic (exact) mass is 404 g/mol. The Morgan fingerprint density at radius 1 is 1.33 bits per heavy atom. The molecular formula is C15H16BrF3N4O. The van der Waals surface area contributed by atoms with Crippen LogP contribution in [0.15, 0.2) is 41.1 Å². The summed E-state index contributed by atoms with van der Waals surface area (Å²) in [6, 6.07) is 7.09. The van der Waals surface area contributed by atoms with Gasteiger partial charge in [-0.2, -0.15) is 13.2 Å². The molecule has 2 rings (SSSR count). The quantitative estimate of drug-likeness (QED) is 0.803. The molecule has 0 fully saturated rings. The summed E-state index contributed by atoms with van der Waals surface area (Å²) in [4.78, 5) is 17.5. The van der Waals surface area contributed by atoms with E-state index < -0.39 is 12.7 Å². The molecule has 1 heterocycles. The van der Waals surface area contributed by atoms with Crippen LogP contribution in [0.2, 0.25) is 0 Å². The highest BCUT2D eigenvalue weighted by Crippen LogP contribution is 2.18. The summed E-state index contributed by atoms with van der Waals surface area (Å²) < 4.78 is 39.4. The lowest BCUT2D eigenvalue weighted by molar-refractivity contribution is -0.141. The van der Waals surface area contributed by atoms with Gasteiger partial charge in [-0.15, -0.1) is 0 Å². The van der Waals surface area contributed by atoms with Crippen LogP contribution < -0.4 is 5.32 Å². The molecule has 130 valence electrons. The number of aromatic nitrogens is 2. The highest BCUT2D eigenvalue weighted by atomic mass is 79.9. The van der Waals surface area contributed by atoms with Crippen molar-refractivity contribution in [3.63, 3.8) is 0 Å². The fourth-order valence-electron chi connectivity index (χ4n) is 2.11. The number of carbonyl (C=O) groups excluding carboxylic acids is 1. The van der Waals surface area contributed by atoms with Crippen molar-refractivity contribution < 1.29 is 18.0 Å². The minimum absolute atomic E-state index is 0.0366. The zero-order valence-corrected chi connectivity index (χ0v) is 14.4. The van der Waals surface area contributed by atoms with Gasteiger partial charge in [0.2, 0.25) is 5.91 Å². The Bertz CT molecular complexity index is 685. The third-order valence-electron chi connectivity index (χ3n) is 3.10. The fraction of sp³-hybridized carbons (Fsp3) is 0.333. The summed E-state index contributed by atoms with van der Waals surface area (Å²) in [5, 5.41) is 2.72. The molecule has 1 N–H and O–H groups in total. The molecule has 1 aromatic carbocycles. The van der Waals surface area contributed by atoms with Gasteiger partial charge in [-0.3, -0.25) is 9.69 Å². The van der Waals surface area contributed by atoms with Crippen molar-refractivity contribution in [2.45, 2.75) is 19.3 Å². The first kappa shape index (κ1) is 18.5. The summed E-state index contributed by atoms with van der Waals surface area (Å²) in [5.41, 5.74) is 0.648. The van der Waals surface area contributed by atoms with Crippen LogP contribution in [0.5, 0.6) is 0 Å². The topological polar surface area (TPSA) is 50.2 Å². The van der Waals surface area contributed by atoms with Crippen molar-refractivity contribution in [3.05, 3.63) is 47.0 Å². The van der Waals surface area contributed by atoms with E-state index in [-0.39, 0.29) is 24.8 Å². The molecule has 0 aliphatic rings. The van der Waals surface area contributed by atoms with E-state index in [9.17, 15) is 18.0 Å². The Hall–Kier alpha value is -1.87. The largest absolute Gasteiger partial charge is 0.406 e. The molecule has 0 saturated carbocycles. The Morgan fingerprint density at radius 3 is 2.62 bits per heavy atom. The molecular weight excluding hydrogens is 389 g/mol. The van der Waals surface area contributed by atoms with Gasteiger partial charge >= 0.3 is 6.18 Å². The van der Waals surface area contributed by atoms with Crippen LogP contribution in [-0.2, 0) is 17.9 Å². The smallest absolute Gasteiger partial charge is 0.325 e. The summed E-state index contributed by atoms with van der Waals surface area (Å²) in [6.45, 7) is -0.924. The number of anilines is 1. The predicted octanol–water partition coefficient (Wildman–Crippen LogP) is 3.28. The van der Waals surface area contributed by atoms with Crippen molar-refractivity contribution >= 4 is 27.5 Å². The van der Waals surface area contributed by atoms with E-state index >= 15 is 0 Å². The number of carbonyl (C=O) groups is 1. The average Bonchev–Trinajstić information content (AvgIpc) is 2.86. The summed E-state index contributed by atoms with van der Waals surface area (Å²) in [7, 11) is 1.65. The molecule has 5 nitrogen and oxygen atoms in total. The van der Waals surface area contributed by atoms with Gasteiger partial charge in [0.25, 0.3) is 0 Å². The van der Waals surface area contributed by atoms with Gasteiger partial charge in [0, 0.05) is 22.6 Å². The van der Waals surface area contributed by atoms with E-state index in [0.29, 0.717) is 5.69 Å². The van der Waals surface area contributed by atoms with Crippen LogP contribution in [0.3, 0.4) is 0 Å². The maximum atomic E-state index is 12.5. The number of amides is 1. The molecule has 2 aromatic rings. The number of alkyl halides is 3. The summed E-state index contributed by atoms with van der Waals surface area (Å²) in [6.07, 6.45) is -1.72. The van der Waals surface area contributed by atoms with Crippen molar-refractivity contribution in [1.82, 2.24) is 14.5 Å². The number of likely N-dealkylation sites (N-methyl/N-ethyl adjacent to an activating group) is 1. The number of hydrogen-bond acceptors (Lipinski definition) is 3. The number of nitrogens with zero attached hydrogens (tertiary/aromatic N) is 3. The Kier molecular flexibility index (Phi) is 6.00. The summed E-state index contributed by atoms with van der Waals surface area (Å²) in [5.74, 6) is 0.0000154. The van der Waals surface area contributed by atoms with Crippen molar-refractivity contribution in [2.75, 3.05) is 18.9 Å². The van der Waals surface area contributed by atoms with E-state index in [1.54, 1.807) is 36.2 Å². The molecule has 0 spiro atoms. The molecule has 9 heteroatoms. The average molecular weight is 405 g/mol. The molecule has 0 saturated heterocycles. The van der Waals surface area contributed by atoms with Crippen molar-refractivity contribution in [2.24, 2.45) is 0 Å². The molecule has 24 heavy (non-hydrogen) atoms. The summed E-state index contributed by atoms with van der Waals surface area (Å²) >= 11 is 3.30. The third-order valence-corrected chi connectivity index (χ3v) is 3.63. The van der Waals surface area contributed by atoms with Gasteiger partial charge in [0.1, 0.15) is 12.4 Å². The zero-order valence-electron chi connectivity index (χ0n) is 12.8. The van der Waals surface area contributed by atoms with Crippen LogP contribution >= 0.6 is 15.9 Å². The van der Waals surface area contributed by atoms with Gasteiger partial charge in [-0.25, -0.2) is 4.98 Å². The SMILES string of the molecule is CN(CC(=O)Nc1ccc(Br)cc1)Cc1nccn1CC(F)(F)F. The maximum Gasteiger partial charge on any atom is 0.406 e. The van der Waals surface area contributed by atoms with E-state index in [0.717, 1.165) is 9.04 Å². The van der Waals surface area contributed by atoms with Crippen LogP contribution in [0, 0.1) is 0 Å². The van der Waals surface area contributed by atoms with Gasteiger partial charge in [0.05, 0.1) is 13.1 Å². The maximum absolute atomic E-state index is 12.5. The zero-order chi connectivity index (χ0) is 17.7. The van der Waals surface area contributed by atoms with Crippen LogP contribution in [0.1, 0.15) is 5.82 Å². The number of benzene rings is 1. The molecule has 0 atom stereocenters. The molecule has 0 aliphatic heterocycles. The molecule has 1 aromatic heterocycles. The standard InChI is InChI=1S/C15H16BrF3N4O/c1-22(8-13-20-6-7-23(13)10-15(17,18)19)9-14(24)21-12-4-2-11(16)3-5-12/h2-7H,8-10H2,1H3,(H,21,24). The minimum Gasteiger partial charge on any atom is -0.325 e. The number of halogens is 4. The molecule has 0 unspecified atom stereocenters. The number of hydrogen-bond donors (Lipinski definition) is 1. The van der Waals surface area contributed by atoms with Gasteiger partial charge in [-0.1, -0.05) is 15.9 Å². The molecule has 0 bridgehead atoms. The first-order valence-electron chi connectivity index (χ1n) is 7.03. The second kappa shape index (κ2) is 7.80. The highest BCUT2D eigenvalue weighted by Gasteiger charge is 2.29. The molecule has 0 aliphatic carbocycles. The lowest BCUT2D eigenvalue weighted by atomic mass is 10.3. The number of rotatable bonds is 6. The lowest BCUT2D eigenvalue weighted by Crippen LogP contribution is -2.31. The minimum atomic E-state index is -4.31. The lowest BCUT2D eigenvalue weighted by Gasteiger charge is -2.17. The fourth-order valence-corrected chi connectivity index (χ4v) is 2.37.